The Kier molecular flexibility index (Phi) is 4.63. The number of nitrogens with one attached hydrogen (secondary N) is 2. The van der Waals surface area contributed by atoms with Gasteiger partial charge in [-0.15, -0.1) is 10.2 Å². The molecule has 8 heteroatoms. The first kappa shape index (κ1) is 15.9. The third kappa shape index (κ3) is 3.37. The first-order chi connectivity index (χ1) is 11.1. The van der Waals surface area contributed by atoms with Gasteiger partial charge in [-0.2, -0.15) is 0 Å². The summed E-state index contributed by atoms with van der Waals surface area (Å²) in [5.41, 5.74) is 2.30. The van der Waals surface area contributed by atoms with Crippen molar-refractivity contribution in [1.82, 2.24) is 10.2 Å². The SMILES string of the molecule is CCNc1nnc(SCC(=O)c2ccc3c(c2)[C@H](C)C(=O)N3)s1. The molecule has 1 aromatic heterocycles. The molecule has 1 atom stereocenters. The van der Waals surface area contributed by atoms with Gasteiger partial charge < -0.3 is 10.6 Å². The van der Waals surface area contributed by atoms with Crippen molar-refractivity contribution < 1.29 is 9.59 Å². The van der Waals surface area contributed by atoms with Crippen LogP contribution in [0.5, 0.6) is 0 Å². The predicted octanol–water partition coefficient (Wildman–Crippen LogP) is 3.00. The second-order valence-electron chi connectivity index (χ2n) is 5.13. The van der Waals surface area contributed by atoms with Crippen molar-refractivity contribution in [1.29, 1.82) is 0 Å². The smallest absolute Gasteiger partial charge is 0.231 e. The maximum absolute atomic E-state index is 12.4. The Labute approximate surface area is 142 Å². The molecule has 0 aliphatic carbocycles. The summed E-state index contributed by atoms with van der Waals surface area (Å²) < 4.78 is 0.765. The van der Waals surface area contributed by atoms with Gasteiger partial charge in [0, 0.05) is 17.8 Å². The number of aromatic nitrogens is 2. The third-order valence-electron chi connectivity index (χ3n) is 3.55. The average Bonchev–Trinajstić information content (AvgIpc) is 3.10. The number of benzene rings is 1. The lowest BCUT2D eigenvalue weighted by Crippen LogP contribution is -2.08. The first-order valence-electron chi connectivity index (χ1n) is 7.26. The number of hydrogen-bond acceptors (Lipinski definition) is 7. The molecule has 0 spiro atoms. The number of carbonyl (C=O) groups is 2. The number of nitrogens with zero attached hydrogens (tertiary/aromatic N) is 2. The molecule has 2 aromatic rings. The Balaban J connectivity index is 1.66. The molecule has 1 amide bonds. The highest BCUT2D eigenvalue weighted by atomic mass is 32.2. The zero-order valence-corrected chi connectivity index (χ0v) is 14.4. The molecular formula is C15H16N4O2S2. The van der Waals surface area contributed by atoms with Crippen LogP contribution in [-0.2, 0) is 4.79 Å². The van der Waals surface area contributed by atoms with Crippen LogP contribution < -0.4 is 10.6 Å². The first-order valence-corrected chi connectivity index (χ1v) is 9.07. The van der Waals surface area contributed by atoms with E-state index in [4.69, 9.17) is 0 Å². The molecule has 0 unspecified atom stereocenters. The van der Waals surface area contributed by atoms with Crippen molar-refractivity contribution in [3.63, 3.8) is 0 Å². The van der Waals surface area contributed by atoms with Crippen LogP contribution >= 0.6 is 23.1 Å². The number of amides is 1. The summed E-state index contributed by atoms with van der Waals surface area (Å²) in [7, 11) is 0. The van der Waals surface area contributed by atoms with Crippen molar-refractivity contribution in [3.05, 3.63) is 29.3 Å². The Bertz CT molecular complexity index is 760. The largest absolute Gasteiger partial charge is 0.360 e. The standard InChI is InChI=1S/C15H16N4O2S2/c1-3-16-14-18-19-15(23-14)22-7-12(20)9-4-5-11-10(6-9)8(2)13(21)17-11/h4-6,8H,3,7H2,1-2H3,(H,16,18)(H,17,21)/t8-/m0/s1. The lowest BCUT2D eigenvalue weighted by atomic mass is 9.99. The zero-order valence-electron chi connectivity index (χ0n) is 12.8. The number of thioether (sulfide) groups is 1. The molecule has 2 heterocycles. The van der Waals surface area contributed by atoms with Crippen molar-refractivity contribution in [2.75, 3.05) is 22.9 Å². The Morgan fingerprint density at radius 1 is 1.43 bits per heavy atom. The van der Waals surface area contributed by atoms with E-state index in [1.54, 1.807) is 12.1 Å². The van der Waals surface area contributed by atoms with E-state index in [-0.39, 0.29) is 17.6 Å². The van der Waals surface area contributed by atoms with Crippen LogP contribution in [0.3, 0.4) is 0 Å². The molecule has 120 valence electrons. The summed E-state index contributed by atoms with van der Waals surface area (Å²) in [6.45, 7) is 4.62. The Morgan fingerprint density at radius 2 is 2.26 bits per heavy atom. The molecule has 23 heavy (non-hydrogen) atoms. The van der Waals surface area contributed by atoms with Crippen LogP contribution in [0, 0.1) is 0 Å². The van der Waals surface area contributed by atoms with E-state index in [1.807, 2.05) is 19.9 Å². The molecule has 0 saturated carbocycles. The number of carbonyl (C=O) groups excluding carboxylic acids is 2. The molecule has 0 saturated heterocycles. The number of hydrogen-bond donors (Lipinski definition) is 2. The van der Waals surface area contributed by atoms with E-state index in [2.05, 4.69) is 20.8 Å². The van der Waals surface area contributed by atoms with E-state index >= 15 is 0 Å². The second-order valence-corrected chi connectivity index (χ2v) is 7.33. The molecule has 0 radical (unpaired) electrons. The minimum Gasteiger partial charge on any atom is -0.360 e. The summed E-state index contributed by atoms with van der Waals surface area (Å²) in [6, 6.07) is 5.36. The van der Waals surface area contributed by atoms with Crippen molar-refractivity contribution in [2.45, 2.75) is 24.1 Å². The van der Waals surface area contributed by atoms with E-state index < -0.39 is 0 Å². The summed E-state index contributed by atoms with van der Waals surface area (Å²) in [5.74, 6) is 0.0829. The van der Waals surface area contributed by atoms with Crippen molar-refractivity contribution in [3.8, 4) is 0 Å². The highest BCUT2D eigenvalue weighted by Crippen LogP contribution is 2.33. The fourth-order valence-corrected chi connectivity index (χ4v) is 4.01. The summed E-state index contributed by atoms with van der Waals surface area (Å²) >= 11 is 2.82. The lowest BCUT2D eigenvalue weighted by Gasteiger charge is -2.04. The minimum atomic E-state index is -0.212. The van der Waals surface area contributed by atoms with Gasteiger partial charge in [0.25, 0.3) is 0 Å². The molecule has 2 N–H and O–H groups in total. The van der Waals surface area contributed by atoms with Crippen LogP contribution in [-0.4, -0.2) is 34.2 Å². The topological polar surface area (TPSA) is 84.0 Å². The van der Waals surface area contributed by atoms with Crippen LogP contribution in [0.15, 0.2) is 22.5 Å². The van der Waals surface area contributed by atoms with Crippen LogP contribution in [0.4, 0.5) is 10.8 Å². The van der Waals surface area contributed by atoms with Gasteiger partial charge in [0.2, 0.25) is 11.0 Å². The quantitative estimate of drug-likeness (QED) is 0.617. The zero-order chi connectivity index (χ0) is 16.4. The predicted molar refractivity (Wildman–Crippen MR) is 92.6 cm³/mol. The van der Waals surface area contributed by atoms with E-state index in [9.17, 15) is 9.59 Å². The highest BCUT2D eigenvalue weighted by molar-refractivity contribution is 8.01. The van der Waals surface area contributed by atoms with E-state index in [1.165, 1.54) is 23.1 Å². The Morgan fingerprint density at radius 3 is 3.04 bits per heavy atom. The summed E-state index contributed by atoms with van der Waals surface area (Å²) in [5, 5.41) is 14.7. The van der Waals surface area contributed by atoms with Gasteiger partial charge in [0.05, 0.1) is 11.7 Å². The van der Waals surface area contributed by atoms with Crippen molar-refractivity contribution >= 4 is 45.6 Å². The van der Waals surface area contributed by atoms with Gasteiger partial charge in [0.1, 0.15) is 0 Å². The number of Topliss-reactive ketones (excluding diaryl/α,β-unsaturated/α-hetero) is 1. The van der Waals surface area contributed by atoms with Crippen LogP contribution in [0.25, 0.3) is 0 Å². The van der Waals surface area contributed by atoms with Gasteiger partial charge >= 0.3 is 0 Å². The monoisotopic (exact) mass is 348 g/mol. The second kappa shape index (κ2) is 6.67. The number of fused-ring (bicyclic) bond motifs is 1. The maximum Gasteiger partial charge on any atom is 0.231 e. The summed E-state index contributed by atoms with van der Waals surface area (Å²) in [4.78, 5) is 24.0. The normalized spacial score (nSPS) is 16.1. The van der Waals surface area contributed by atoms with Gasteiger partial charge in [-0.25, -0.2) is 0 Å². The van der Waals surface area contributed by atoms with E-state index in [0.717, 1.165) is 27.3 Å². The summed E-state index contributed by atoms with van der Waals surface area (Å²) in [6.07, 6.45) is 0. The number of rotatable bonds is 6. The van der Waals surface area contributed by atoms with Gasteiger partial charge in [-0.05, 0) is 37.6 Å². The molecule has 1 aliphatic rings. The van der Waals surface area contributed by atoms with Crippen LogP contribution in [0.1, 0.15) is 35.7 Å². The fraction of sp³-hybridized carbons (Fsp3) is 0.333. The van der Waals surface area contributed by atoms with Gasteiger partial charge in [0.15, 0.2) is 10.1 Å². The third-order valence-corrected chi connectivity index (χ3v) is 5.57. The highest BCUT2D eigenvalue weighted by Gasteiger charge is 2.27. The van der Waals surface area contributed by atoms with Gasteiger partial charge in [-0.1, -0.05) is 23.1 Å². The molecule has 1 aromatic carbocycles. The minimum absolute atomic E-state index is 0.0181. The Hall–Kier alpha value is -1.93. The molecule has 6 nitrogen and oxygen atoms in total. The molecule has 0 bridgehead atoms. The molecule has 0 fully saturated rings. The van der Waals surface area contributed by atoms with Crippen molar-refractivity contribution in [2.24, 2.45) is 0 Å². The average molecular weight is 348 g/mol. The van der Waals surface area contributed by atoms with Crippen LogP contribution in [0.2, 0.25) is 0 Å². The maximum atomic E-state index is 12.4. The van der Waals surface area contributed by atoms with Gasteiger partial charge in [-0.3, -0.25) is 9.59 Å². The number of anilines is 2. The van der Waals surface area contributed by atoms with E-state index in [0.29, 0.717) is 11.3 Å². The molecular weight excluding hydrogens is 332 g/mol. The lowest BCUT2D eigenvalue weighted by molar-refractivity contribution is -0.116. The fourth-order valence-electron chi connectivity index (χ4n) is 2.29. The number of ketones is 1. The molecule has 1 aliphatic heterocycles. The molecule has 3 rings (SSSR count).